The van der Waals surface area contributed by atoms with Crippen LogP contribution in [0.25, 0.3) is 0 Å². The van der Waals surface area contributed by atoms with Gasteiger partial charge < -0.3 is 9.64 Å². The standard InChI is InChI=1S/C11H20N2O/c1-3-10(2)12-4-6-13(7-5-12)11-8-14-9-11/h3,11H,4-9H2,1-2H3/b10-3+. The van der Waals surface area contributed by atoms with Crippen LogP contribution >= 0.6 is 0 Å². The van der Waals surface area contributed by atoms with Crippen LogP contribution in [0.5, 0.6) is 0 Å². The van der Waals surface area contributed by atoms with Crippen molar-refractivity contribution >= 4 is 0 Å². The zero-order valence-electron chi connectivity index (χ0n) is 9.20. The number of allylic oxidation sites excluding steroid dienone is 2. The Kier molecular flexibility index (Phi) is 3.08. The molecule has 0 aromatic rings. The zero-order valence-corrected chi connectivity index (χ0v) is 9.20. The van der Waals surface area contributed by atoms with Gasteiger partial charge >= 0.3 is 0 Å². The zero-order chi connectivity index (χ0) is 9.97. The lowest BCUT2D eigenvalue weighted by molar-refractivity contribution is -0.0747. The fourth-order valence-corrected chi connectivity index (χ4v) is 2.06. The quantitative estimate of drug-likeness (QED) is 0.653. The molecule has 2 saturated heterocycles. The molecule has 2 aliphatic rings. The van der Waals surface area contributed by atoms with Crippen LogP contribution in [0, 0.1) is 0 Å². The molecule has 2 heterocycles. The molecular weight excluding hydrogens is 176 g/mol. The topological polar surface area (TPSA) is 15.7 Å². The predicted octanol–water partition coefficient (Wildman–Crippen LogP) is 0.927. The van der Waals surface area contributed by atoms with Gasteiger partial charge in [0.05, 0.1) is 19.3 Å². The van der Waals surface area contributed by atoms with Crippen molar-refractivity contribution in [3.8, 4) is 0 Å². The van der Waals surface area contributed by atoms with Crippen LogP contribution in [-0.4, -0.2) is 55.2 Å². The van der Waals surface area contributed by atoms with Gasteiger partial charge in [-0.05, 0) is 13.8 Å². The molecule has 0 aliphatic carbocycles. The van der Waals surface area contributed by atoms with Crippen molar-refractivity contribution in [2.24, 2.45) is 0 Å². The van der Waals surface area contributed by atoms with E-state index in [0.717, 1.165) is 13.2 Å². The van der Waals surface area contributed by atoms with Gasteiger partial charge in [0.2, 0.25) is 0 Å². The van der Waals surface area contributed by atoms with Crippen molar-refractivity contribution in [3.63, 3.8) is 0 Å². The number of piperazine rings is 1. The van der Waals surface area contributed by atoms with E-state index in [2.05, 4.69) is 29.7 Å². The van der Waals surface area contributed by atoms with Crippen LogP contribution in [0.1, 0.15) is 13.8 Å². The van der Waals surface area contributed by atoms with Gasteiger partial charge in [-0.3, -0.25) is 4.90 Å². The van der Waals surface area contributed by atoms with Crippen LogP contribution in [0.15, 0.2) is 11.8 Å². The van der Waals surface area contributed by atoms with E-state index < -0.39 is 0 Å². The molecule has 0 unspecified atom stereocenters. The summed E-state index contributed by atoms with van der Waals surface area (Å²) in [4.78, 5) is 5.03. The largest absolute Gasteiger partial charge is 0.378 e. The van der Waals surface area contributed by atoms with E-state index in [1.807, 2.05) is 0 Å². The Hall–Kier alpha value is -0.540. The third-order valence-corrected chi connectivity index (χ3v) is 3.37. The van der Waals surface area contributed by atoms with E-state index in [0.29, 0.717) is 6.04 Å². The third-order valence-electron chi connectivity index (χ3n) is 3.37. The molecule has 3 nitrogen and oxygen atoms in total. The molecule has 0 aromatic carbocycles. The van der Waals surface area contributed by atoms with Crippen molar-refractivity contribution in [2.75, 3.05) is 39.4 Å². The second-order valence-corrected chi connectivity index (χ2v) is 4.14. The maximum absolute atomic E-state index is 5.22. The molecule has 14 heavy (non-hydrogen) atoms. The molecular formula is C11H20N2O. The second-order valence-electron chi connectivity index (χ2n) is 4.14. The first-order valence-corrected chi connectivity index (χ1v) is 5.51. The predicted molar refractivity (Wildman–Crippen MR) is 57.2 cm³/mol. The minimum atomic E-state index is 0.711. The summed E-state index contributed by atoms with van der Waals surface area (Å²) in [6.07, 6.45) is 2.20. The van der Waals surface area contributed by atoms with Gasteiger partial charge in [0.15, 0.2) is 0 Å². The lowest BCUT2D eigenvalue weighted by Crippen LogP contribution is -2.56. The summed E-state index contributed by atoms with van der Waals surface area (Å²) < 4.78 is 5.22. The molecule has 0 amide bonds. The van der Waals surface area contributed by atoms with Crippen molar-refractivity contribution in [3.05, 3.63) is 11.8 Å². The summed E-state index contributed by atoms with van der Waals surface area (Å²) in [5.41, 5.74) is 1.41. The van der Waals surface area contributed by atoms with E-state index in [9.17, 15) is 0 Å². The summed E-state index contributed by atoms with van der Waals surface area (Å²) in [6, 6.07) is 0.711. The van der Waals surface area contributed by atoms with E-state index in [1.165, 1.54) is 31.9 Å². The number of ether oxygens (including phenoxy) is 1. The highest BCUT2D eigenvalue weighted by Crippen LogP contribution is 2.15. The van der Waals surface area contributed by atoms with Gasteiger partial charge in [0.1, 0.15) is 0 Å². The average molecular weight is 196 g/mol. The fraction of sp³-hybridized carbons (Fsp3) is 0.818. The molecule has 0 aromatic heterocycles. The van der Waals surface area contributed by atoms with Gasteiger partial charge in [-0.15, -0.1) is 0 Å². The molecule has 0 atom stereocenters. The maximum atomic E-state index is 5.22. The molecule has 2 rings (SSSR count). The third kappa shape index (κ3) is 1.93. The first-order valence-electron chi connectivity index (χ1n) is 5.51. The van der Waals surface area contributed by atoms with Crippen LogP contribution in [0.2, 0.25) is 0 Å². The lowest BCUT2D eigenvalue weighted by atomic mass is 10.2. The van der Waals surface area contributed by atoms with Gasteiger partial charge in [0, 0.05) is 31.9 Å². The maximum Gasteiger partial charge on any atom is 0.0645 e. The Morgan fingerprint density at radius 2 is 1.86 bits per heavy atom. The second kappa shape index (κ2) is 4.32. The molecule has 2 aliphatic heterocycles. The van der Waals surface area contributed by atoms with Crippen molar-refractivity contribution in [1.29, 1.82) is 0 Å². The van der Waals surface area contributed by atoms with E-state index in [1.54, 1.807) is 0 Å². The molecule has 0 saturated carbocycles. The highest BCUT2D eigenvalue weighted by atomic mass is 16.5. The molecule has 0 N–H and O–H groups in total. The smallest absolute Gasteiger partial charge is 0.0645 e. The lowest BCUT2D eigenvalue weighted by Gasteiger charge is -2.43. The first kappa shape index (κ1) is 9.99. The summed E-state index contributed by atoms with van der Waals surface area (Å²) >= 11 is 0. The summed E-state index contributed by atoms with van der Waals surface area (Å²) in [5, 5.41) is 0. The van der Waals surface area contributed by atoms with Crippen LogP contribution < -0.4 is 0 Å². The van der Waals surface area contributed by atoms with Crippen molar-refractivity contribution in [1.82, 2.24) is 9.80 Å². The van der Waals surface area contributed by atoms with Gasteiger partial charge in [0.25, 0.3) is 0 Å². The highest BCUT2D eigenvalue weighted by molar-refractivity contribution is 4.98. The van der Waals surface area contributed by atoms with Crippen molar-refractivity contribution in [2.45, 2.75) is 19.9 Å². The fourth-order valence-electron chi connectivity index (χ4n) is 2.06. The summed E-state index contributed by atoms with van der Waals surface area (Å²) in [6.45, 7) is 10.9. The monoisotopic (exact) mass is 196 g/mol. The number of hydrogen-bond donors (Lipinski definition) is 0. The minimum Gasteiger partial charge on any atom is -0.378 e. The van der Waals surface area contributed by atoms with Gasteiger partial charge in [-0.25, -0.2) is 0 Å². The van der Waals surface area contributed by atoms with Gasteiger partial charge in [-0.1, -0.05) is 6.08 Å². The SMILES string of the molecule is C/C=C(\C)N1CCN(C2COC2)CC1. The van der Waals surface area contributed by atoms with Crippen LogP contribution in [-0.2, 0) is 4.74 Å². The molecule has 2 fully saturated rings. The average Bonchev–Trinajstić information content (AvgIpc) is 2.15. The number of hydrogen-bond acceptors (Lipinski definition) is 3. The first-order chi connectivity index (χ1) is 6.81. The molecule has 0 spiro atoms. The Bertz CT molecular complexity index is 215. The number of rotatable bonds is 2. The Labute approximate surface area is 86.3 Å². The molecule has 3 heteroatoms. The molecule has 80 valence electrons. The Morgan fingerprint density at radius 3 is 2.29 bits per heavy atom. The molecule has 0 radical (unpaired) electrons. The van der Waals surface area contributed by atoms with E-state index in [4.69, 9.17) is 4.74 Å². The highest BCUT2D eigenvalue weighted by Gasteiger charge is 2.28. The van der Waals surface area contributed by atoms with E-state index in [-0.39, 0.29) is 0 Å². The minimum absolute atomic E-state index is 0.711. The van der Waals surface area contributed by atoms with Crippen LogP contribution in [0.3, 0.4) is 0 Å². The van der Waals surface area contributed by atoms with Gasteiger partial charge in [-0.2, -0.15) is 0 Å². The Morgan fingerprint density at radius 1 is 1.21 bits per heavy atom. The summed E-state index contributed by atoms with van der Waals surface area (Å²) in [7, 11) is 0. The number of nitrogens with zero attached hydrogens (tertiary/aromatic N) is 2. The van der Waals surface area contributed by atoms with Crippen LogP contribution in [0.4, 0.5) is 0 Å². The Balaban J connectivity index is 1.79. The van der Waals surface area contributed by atoms with Crippen molar-refractivity contribution < 1.29 is 4.74 Å². The van der Waals surface area contributed by atoms with E-state index >= 15 is 0 Å². The normalized spacial score (nSPS) is 26.4. The molecule has 0 bridgehead atoms. The summed E-state index contributed by atoms with van der Waals surface area (Å²) in [5.74, 6) is 0.